The first kappa shape index (κ1) is 13.3. The minimum Gasteiger partial charge on any atom is -0.506 e. The Labute approximate surface area is 109 Å². The molecule has 18 heavy (non-hydrogen) atoms. The molecule has 4 nitrogen and oxygen atoms in total. The number of aromatic nitrogens is 1. The number of hydrogen-bond donors (Lipinski definition) is 1. The van der Waals surface area contributed by atoms with Gasteiger partial charge in [0.15, 0.2) is 0 Å². The minimum atomic E-state index is -0.0717. The molecule has 0 amide bonds. The van der Waals surface area contributed by atoms with Gasteiger partial charge in [0.05, 0.1) is 11.3 Å². The maximum absolute atomic E-state index is 9.83. The quantitative estimate of drug-likeness (QED) is 0.892. The zero-order valence-electron chi connectivity index (χ0n) is 11.4. The van der Waals surface area contributed by atoms with Crippen LogP contribution in [0.1, 0.15) is 31.2 Å². The van der Waals surface area contributed by atoms with Crippen molar-refractivity contribution in [2.75, 3.05) is 20.2 Å². The van der Waals surface area contributed by atoms with E-state index in [-0.39, 0.29) is 11.4 Å². The van der Waals surface area contributed by atoms with Crippen LogP contribution in [0.4, 0.5) is 0 Å². The van der Waals surface area contributed by atoms with E-state index < -0.39 is 0 Å². The molecule has 0 aliphatic carbocycles. The average Bonchev–Trinajstić information content (AvgIpc) is 2.34. The Morgan fingerprint density at radius 2 is 2.28 bits per heavy atom. The van der Waals surface area contributed by atoms with Crippen molar-refractivity contribution in [3.63, 3.8) is 0 Å². The third kappa shape index (κ3) is 3.00. The Bertz CT molecular complexity index is 422. The summed E-state index contributed by atoms with van der Waals surface area (Å²) in [5.41, 5.74) is 1.63. The fraction of sp³-hybridized carbons (Fsp3) is 0.643. The molecule has 1 aliphatic heterocycles. The first-order valence-electron chi connectivity index (χ1n) is 6.45. The second-order valence-electron chi connectivity index (χ2n) is 5.39. The van der Waals surface area contributed by atoms with Crippen molar-refractivity contribution in [2.24, 2.45) is 0 Å². The van der Waals surface area contributed by atoms with Crippen molar-refractivity contribution in [3.05, 3.63) is 23.5 Å². The van der Waals surface area contributed by atoms with Crippen molar-refractivity contribution in [1.29, 1.82) is 0 Å². The van der Waals surface area contributed by atoms with E-state index in [1.807, 2.05) is 13.0 Å². The zero-order valence-corrected chi connectivity index (χ0v) is 11.4. The second-order valence-corrected chi connectivity index (χ2v) is 5.39. The predicted octanol–water partition coefficient (Wildman–Crippen LogP) is 2.10. The molecular weight excluding hydrogens is 228 g/mol. The molecule has 1 aliphatic rings. The van der Waals surface area contributed by atoms with Crippen LogP contribution in [-0.4, -0.2) is 40.8 Å². The number of methoxy groups -OCH3 is 1. The van der Waals surface area contributed by atoms with E-state index in [9.17, 15) is 5.11 Å². The van der Waals surface area contributed by atoms with Crippen molar-refractivity contribution in [3.8, 4) is 5.75 Å². The number of aryl methyl sites for hydroxylation is 1. The molecule has 1 aromatic rings. The molecule has 1 saturated heterocycles. The van der Waals surface area contributed by atoms with Gasteiger partial charge in [-0.15, -0.1) is 0 Å². The molecule has 100 valence electrons. The summed E-state index contributed by atoms with van der Waals surface area (Å²) >= 11 is 0. The monoisotopic (exact) mass is 250 g/mol. The van der Waals surface area contributed by atoms with Gasteiger partial charge in [-0.2, -0.15) is 0 Å². The Kier molecular flexibility index (Phi) is 3.88. The van der Waals surface area contributed by atoms with Crippen molar-refractivity contribution < 1.29 is 9.84 Å². The lowest BCUT2D eigenvalue weighted by Crippen LogP contribution is -2.46. The maximum atomic E-state index is 9.83. The van der Waals surface area contributed by atoms with Crippen molar-refractivity contribution >= 4 is 0 Å². The number of rotatable bonds is 3. The van der Waals surface area contributed by atoms with E-state index in [1.165, 1.54) is 0 Å². The van der Waals surface area contributed by atoms with Crippen molar-refractivity contribution in [2.45, 2.75) is 38.8 Å². The van der Waals surface area contributed by atoms with E-state index in [1.54, 1.807) is 13.2 Å². The van der Waals surface area contributed by atoms with E-state index in [2.05, 4.69) is 16.8 Å². The first-order valence-corrected chi connectivity index (χ1v) is 6.45. The van der Waals surface area contributed by atoms with Crippen LogP contribution in [0.3, 0.4) is 0 Å². The summed E-state index contributed by atoms with van der Waals surface area (Å²) in [7, 11) is 1.77. The lowest BCUT2D eigenvalue weighted by atomic mass is 9.94. The summed E-state index contributed by atoms with van der Waals surface area (Å²) in [6, 6.07) is 3.55. The predicted molar refractivity (Wildman–Crippen MR) is 70.6 cm³/mol. The number of nitrogens with zero attached hydrogens (tertiary/aromatic N) is 2. The lowest BCUT2D eigenvalue weighted by Gasteiger charge is -2.39. The summed E-state index contributed by atoms with van der Waals surface area (Å²) in [6.45, 7) is 6.69. The molecule has 0 spiro atoms. The summed E-state index contributed by atoms with van der Waals surface area (Å²) in [5, 5.41) is 9.83. The van der Waals surface area contributed by atoms with Crippen LogP contribution in [0.5, 0.6) is 5.75 Å². The third-order valence-electron chi connectivity index (χ3n) is 3.69. The Morgan fingerprint density at radius 1 is 1.50 bits per heavy atom. The highest BCUT2D eigenvalue weighted by atomic mass is 16.5. The van der Waals surface area contributed by atoms with Crippen LogP contribution in [0.15, 0.2) is 12.1 Å². The van der Waals surface area contributed by atoms with Crippen LogP contribution < -0.4 is 0 Å². The van der Waals surface area contributed by atoms with Crippen LogP contribution in [-0.2, 0) is 11.3 Å². The van der Waals surface area contributed by atoms with Gasteiger partial charge in [-0.25, -0.2) is 0 Å². The molecule has 4 heteroatoms. The molecule has 0 aromatic carbocycles. The van der Waals surface area contributed by atoms with Gasteiger partial charge in [-0.1, -0.05) is 0 Å². The molecule has 2 rings (SSSR count). The van der Waals surface area contributed by atoms with Gasteiger partial charge in [0.1, 0.15) is 5.75 Å². The molecule has 1 atom stereocenters. The normalized spacial score (nSPS) is 25.3. The minimum absolute atomic E-state index is 0.0717. The number of piperidine rings is 1. The maximum Gasteiger partial charge on any atom is 0.138 e. The molecule has 0 bridgehead atoms. The molecule has 1 N–H and O–H groups in total. The number of hydrogen-bond acceptors (Lipinski definition) is 4. The Morgan fingerprint density at radius 3 is 3.00 bits per heavy atom. The smallest absolute Gasteiger partial charge is 0.138 e. The molecule has 1 unspecified atom stereocenters. The number of likely N-dealkylation sites (tertiary alicyclic amines) is 1. The first-order chi connectivity index (χ1) is 8.52. The zero-order chi connectivity index (χ0) is 13.2. The largest absolute Gasteiger partial charge is 0.506 e. The third-order valence-corrected chi connectivity index (χ3v) is 3.69. The van der Waals surface area contributed by atoms with Crippen LogP contribution >= 0.6 is 0 Å². The highest BCUT2D eigenvalue weighted by Crippen LogP contribution is 2.26. The van der Waals surface area contributed by atoms with Crippen LogP contribution in [0.25, 0.3) is 0 Å². The van der Waals surface area contributed by atoms with Crippen LogP contribution in [0.2, 0.25) is 0 Å². The average molecular weight is 250 g/mol. The van der Waals surface area contributed by atoms with Crippen LogP contribution in [0, 0.1) is 6.92 Å². The van der Waals surface area contributed by atoms with E-state index in [4.69, 9.17) is 4.74 Å². The van der Waals surface area contributed by atoms with E-state index in [0.717, 1.165) is 37.3 Å². The molecule has 0 radical (unpaired) electrons. The number of pyridine rings is 1. The SMILES string of the molecule is COC1(C)CCCN(Cc2nc(C)ccc2O)C1. The molecular formula is C14H22N2O2. The molecule has 1 fully saturated rings. The van der Waals surface area contributed by atoms with Gasteiger partial charge in [-0.05, 0) is 45.4 Å². The van der Waals surface area contributed by atoms with Gasteiger partial charge in [0, 0.05) is 25.9 Å². The van der Waals surface area contributed by atoms with Gasteiger partial charge < -0.3 is 9.84 Å². The Balaban J connectivity index is 2.07. The summed E-state index contributed by atoms with van der Waals surface area (Å²) in [5.74, 6) is 0.283. The lowest BCUT2D eigenvalue weighted by molar-refractivity contribution is -0.0530. The molecule has 1 aromatic heterocycles. The number of aromatic hydroxyl groups is 1. The summed E-state index contributed by atoms with van der Waals surface area (Å²) < 4.78 is 5.58. The van der Waals surface area contributed by atoms with Gasteiger partial charge in [-0.3, -0.25) is 9.88 Å². The molecule has 0 saturated carbocycles. The van der Waals surface area contributed by atoms with Gasteiger partial charge >= 0.3 is 0 Å². The molecule has 2 heterocycles. The van der Waals surface area contributed by atoms with E-state index >= 15 is 0 Å². The van der Waals surface area contributed by atoms with Gasteiger partial charge in [0.25, 0.3) is 0 Å². The standard InChI is InChI=1S/C14H22N2O2/c1-11-5-6-13(17)12(15-11)9-16-8-4-7-14(2,10-16)18-3/h5-6,17H,4,7-10H2,1-3H3. The second kappa shape index (κ2) is 5.24. The van der Waals surface area contributed by atoms with Crippen molar-refractivity contribution in [1.82, 2.24) is 9.88 Å². The fourth-order valence-corrected chi connectivity index (χ4v) is 2.54. The van der Waals surface area contributed by atoms with E-state index in [0.29, 0.717) is 6.54 Å². The highest BCUT2D eigenvalue weighted by molar-refractivity contribution is 5.27. The Hall–Kier alpha value is -1.13. The summed E-state index contributed by atoms with van der Waals surface area (Å²) in [6.07, 6.45) is 2.21. The topological polar surface area (TPSA) is 45.6 Å². The highest BCUT2D eigenvalue weighted by Gasteiger charge is 2.31. The number of ether oxygens (including phenoxy) is 1. The fourth-order valence-electron chi connectivity index (χ4n) is 2.54. The van der Waals surface area contributed by atoms with Gasteiger partial charge in [0.2, 0.25) is 0 Å². The summed E-state index contributed by atoms with van der Waals surface area (Å²) in [4.78, 5) is 6.71.